The van der Waals surface area contributed by atoms with Gasteiger partial charge >= 0.3 is 0 Å². The Kier molecular flexibility index (Phi) is 1.20. The zero-order valence-electron chi connectivity index (χ0n) is 5.71. The Morgan fingerprint density at radius 3 is 3.20 bits per heavy atom. The third-order valence-electron chi connectivity index (χ3n) is 2.26. The van der Waals surface area contributed by atoms with E-state index >= 15 is 0 Å². The van der Waals surface area contributed by atoms with E-state index in [1.807, 2.05) is 0 Å². The Bertz CT molecular complexity index is 157. The van der Waals surface area contributed by atoms with E-state index in [0.717, 1.165) is 19.3 Å². The summed E-state index contributed by atoms with van der Waals surface area (Å²) < 4.78 is 10.1. The lowest BCUT2D eigenvalue weighted by atomic mass is 9.98. The lowest BCUT2D eigenvalue weighted by Gasteiger charge is -2.13. The Morgan fingerprint density at radius 1 is 1.60 bits per heavy atom. The molecule has 0 aromatic rings. The average molecular weight is 142 g/mol. The molecule has 3 heteroatoms. The highest BCUT2D eigenvalue weighted by Crippen LogP contribution is 2.47. The molecule has 2 unspecified atom stereocenters. The monoisotopic (exact) mass is 142 g/mol. The van der Waals surface area contributed by atoms with E-state index in [-0.39, 0.29) is 6.10 Å². The molecule has 1 aliphatic carbocycles. The van der Waals surface area contributed by atoms with E-state index in [1.165, 1.54) is 6.42 Å². The van der Waals surface area contributed by atoms with E-state index in [0.29, 0.717) is 6.47 Å². The lowest BCUT2D eigenvalue weighted by Crippen LogP contribution is -2.22. The molecule has 0 aromatic carbocycles. The SMILES string of the molecule is O=COC12CCCCC1O2. The van der Waals surface area contributed by atoms with E-state index in [2.05, 4.69) is 0 Å². The Hall–Kier alpha value is -0.570. The van der Waals surface area contributed by atoms with Gasteiger partial charge in [-0.1, -0.05) is 6.42 Å². The van der Waals surface area contributed by atoms with Crippen LogP contribution in [0.5, 0.6) is 0 Å². The smallest absolute Gasteiger partial charge is 0.295 e. The van der Waals surface area contributed by atoms with Gasteiger partial charge in [-0.25, -0.2) is 0 Å². The van der Waals surface area contributed by atoms with Crippen LogP contribution in [0.15, 0.2) is 0 Å². The summed E-state index contributed by atoms with van der Waals surface area (Å²) in [6, 6.07) is 0. The van der Waals surface area contributed by atoms with Gasteiger partial charge in [-0.15, -0.1) is 0 Å². The number of ether oxygens (including phenoxy) is 2. The first-order valence-corrected chi connectivity index (χ1v) is 3.67. The molecule has 56 valence electrons. The second-order valence-corrected chi connectivity index (χ2v) is 2.88. The molecule has 0 bridgehead atoms. The number of carbonyl (C=O) groups is 1. The van der Waals surface area contributed by atoms with E-state index in [9.17, 15) is 4.79 Å². The Labute approximate surface area is 59.3 Å². The van der Waals surface area contributed by atoms with E-state index < -0.39 is 5.79 Å². The fourth-order valence-corrected chi connectivity index (χ4v) is 1.65. The van der Waals surface area contributed by atoms with Crippen LogP contribution < -0.4 is 0 Å². The highest BCUT2D eigenvalue weighted by molar-refractivity contribution is 5.39. The van der Waals surface area contributed by atoms with Crippen LogP contribution in [-0.2, 0) is 14.3 Å². The summed E-state index contributed by atoms with van der Waals surface area (Å²) in [7, 11) is 0. The zero-order valence-corrected chi connectivity index (χ0v) is 5.71. The van der Waals surface area contributed by atoms with Crippen molar-refractivity contribution >= 4 is 6.47 Å². The maximum absolute atomic E-state index is 10.0. The maximum Gasteiger partial charge on any atom is 0.295 e. The Morgan fingerprint density at radius 2 is 2.50 bits per heavy atom. The van der Waals surface area contributed by atoms with Crippen molar-refractivity contribution in [3.8, 4) is 0 Å². The summed E-state index contributed by atoms with van der Waals surface area (Å²) in [6.45, 7) is 0.491. The Balaban J connectivity index is 1.98. The molecule has 1 aliphatic heterocycles. The van der Waals surface area contributed by atoms with Gasteiger partial charge in [0.1, 0.15) is 6.10 Å². The number of carbonyl (C=O) groups excluding carboxylic acids is 1. The molecule has 0 aromatic heterocycles. The molecule has 10 heavy (non-hydrogen) atoms. The van der Waals surface area contributed by atoms with Crippen LogP contribution in [-0.4, -0.2) is 18.4 Å². The fourth-order valence-electron chi connectivity index (χ4n) is 1.65. The summed E-state index contributed by atoms with van der Waals surface area (Å²) >= 11 is 0. The molecule has 1 heterocycles. The van der Waals surface area contributed by atoms with Gasteiger partial charge in [0, 0.05) is 6.42 Å². The molecule has 0 amide bonds. The molecule has 0 N–H and O–H groups in total. The molecule has 3 nitrogen and oxygen atoms in total. The van der Waals surface area contributed by atoms with Crippen LogP contribution in [0.2, 0.25) is 0 Å². The average Bonchev–Trinajstić information content (AvgIpc) is 2.62. The number of hydrogen-bond donors (Lipinski definition) is 0. The van der Waals surface area contributed by atoms with E-state index in [1.54, 1.807) is 0 Å². The number of epoxide rings is 1. The summed E-state index contributed by atoms with van der Waals surface area (Å²) in [5.74, 6) is -0.472. The van der Waals surface area contributed by atoms with Gasteiger partial charge in [0.2, 0.25) is 5.79 Å². The molecular weight excluding hydrogens is 132 g/mol. The second kappa shape index (κ2) is 1.95. The molecule has 2 atom stereocenters. The summed E-state index contributed by atoms with van der Waals surface area (Å²) in [4.78, 5) is 10.0. The molecule has 2 fully saturated rings. The van der Waals surface area contributed by atoms with Gasteiger partial charge in [0.25, 0.3) is 6.47 Å². The topological polar surface area (TPSA) is 38.8 Å². The van der Waals surface area contributed by atoms with Crippen LogP contribution in [0.25, 0.3) is 0 Å². The van der Waals surface area contributed by atoms with Crippen molar-refractivity contribution in [3.63, 3.8) is 0 Å². The molecule has 1 saturated carbocycles. The van der Waals surface area contributed by atoms with Gasteiger partial charge in [-0.05, 0) is 12.8 Å². The second-order valence-electron chi connectivity index (χ2n) is 2.88. The van der Waals surface area contributed by atoms with Gasteiger partial charge < -0.3 is 9.47 Å². The largest absolute Gasteiger partial charge is 0.432 e. The van der Waals surface area contributed by atoms with Crippen molar-refractivity contribution in [1.29, 1.82) is 0 Å². The summed E-state index contributed by atoms with van der Waals surface area (Å²) in [5, 5.41) is 0. The summed E-state index contributed by atoms with van der Waals surface area (Å²) in [5.41, 5.74) is 0. The third kappa shape index (κ3) is 0.736. The van der Waals surface area contributed by atoms with Crippen molar-refractivity contribution in [2.24, 2.45) is 0 Å². The quantitative estimate of drug-likeness (QED) is 0.423. The van der Waals surface area contributed by atoms with Crippen molar-refractivity contribution < 1.29 is 14.3 Å². The molecular formula is C7H10O3. The molecule has 2 rings (SSSR count). The predicted molar refractivity (Wildman–Crippen MR) is 33.2 cm³/mol. The molecule has 1 saturated heterocycles. The predicted octanol–water partition coefficient (Wildman–Crippen LogP) is 0.829. The normalized spacial score (nSPS) is 43.8. The minimum atomic E-state index is -0.472. The standard InChI is InChI=1S/C7H10O3/c8-5-9-7-4-2-1-3-6(7)10-7/h5-6H,1-4H2. The van der Waals surface area contributed by atoms with Gasteiger partial charge in [0.15, 0.2) is 0 Å². The zero-order chi connectivity index (χ0) is 7.03. The summed E-state index contributed by atoms with van der Waals surface area (Å²) in [6.07, 6.45) is 4.47. The fraction of sp³-hybridized carbons (Fsp3) is 0.857. The minimum Gasteiger partial charge on any atom is -0.432 e. The first-order valence-electron chi connectivity index (χ1n) is 3.67. The minimum absolute atomic E-state index is 0.214. The highest BCUT2D eigenvalue weighted by atomic mass is 16.8. The first kappa shape index (κ1) is 6.16. The van der Waals surface area contributed by atoms with Crippen molar-refractivity contribution in [2.75, 3.05) is 0 Å². The van der Waals surface area contributed by atoms with Crippen LogP contribution >= 0.6 is 0 Å². The number of hydrogen-bond acceptors (Lipinski definition) is 3. The van der Waals surface area contributed by atoms with Gasteiger partial charge in [0.05, 0.1) is 0 Å². The number of rotatable bonds is 2. The van der Waals surface area contributed by atoms with Crippen LogP contribution in [0, 0.1) is 0 Å². The number of fused-ring (bicyclic) bond motifs is 1. The van der Waals surface area contributed by atoms with Gasteiger partial charge in [-0.2, -0.15) is 0 Å². The third-order valence-corrected chi connectivity index (χ3v) is 2.26. The highest BCUT2D eigenvalue weighted by Gasteiger charge is 2.60. The van der Waals surface area contributed by atoms with Crippen molar-refractivity contribution in [3.05, 3.63) is 0 Å². The molecule has 0 spiro atoms. The van der Waals surface area contributed by atoms with E-state index in [4.69, 9.17) is 9.47 Å². The first-order chi connectivity index (χ1) is 4.87. The van der Waals surface area contributed by atoms with Crippen LogP contribution in [0.4, 0.5) is 0 Å². The van der Waals surface area contributed by atoms with Crippen LogP contribution in [0.3, 0.4) is 0 Å². The maximum atomic E-state index is 10.0. The molecule has 0 radical (unpaired) electrons. The molecule has 2 aliphatic rings. The lowest BCUT2D eigenvalue weighted by molar-refractivity contribution is -0.143. The van der Waals surface area contributed by atoms with Crippen molar-refractivity contribution in [1.82, 2.24) is 0 Å². The van der Waals surface area contributed by atoms with Gasteiger partial charge in [-0.3, -0.25) is 4.79 Å². The van der Waals surface area contributed by atoms with Crippen LogP contribution in [0.1, 0.15) is 25.7 Å². The van der Waals surface area contributed by atoms with Crippen molar-refractivity contribution in [2.45, 2.75) is 37.6 Å².